The fourth-order valence-electron chi connectivity index (χ4n) is 3.23. The van der Waals surface area contributed by atoms with Crippen LogP contribution in [-0.4, -0.2) is 40.4 Å². The second-order valence-electron chi connectivity index (χ2n) is 6.18. The third-order valence-electron chi connectivity index (χ3n) is 4.52. The quantitative estimate of drug-likeness (QED) is 0.768. The molecule has 26 heavy (non-hydrogen) atoms. The van der Waals surface area contributed by atoms with Crippen molar-refractivity contribution in [3.05, 3.63) is 48.3 Å². The molecule has 0 atom stereocenters. The molecule has 0 fully saturated rings. The Morgan fingerprint density at radius 2 is 1.81 bits per heavy atom. The van der Waals surface area contributed by atoms with Crippen molar-refractivity contribution < 1.29 is 14.3 Å². The highest BCUT2D eigenvalue weighted by Crippen LogP contribution is 2.34. The van der Waals surface area contributed by atoms with Crippen molar-refractivity contribution in [2.24, 2.45) is 0 Å². The Balaban J connectivity index is 1.53. The maximum atomic E-state index is 11.9. The average molecular weight is 348 g/mol. The first-order valence-electron chi connectivity index (χ1n) is 8.50. The molecule has 2 aliphatic heterocycles. The fraction of sp³-hybridized carbons (Fsp3) is 0.211. The molecule has 2 aliphatic rings. The topological polar surface area (TPSA) is 78.3 Å². The molecular formula is C19H16N4O3. The summed E-state index contributed by atoms with van der Waals surface area (Å²) in [7, 11) is 0. The molecule has 0 spiro atoms. The Morgan fingerprint density at radius 1 is 0.962 bits per heavy atom. The molecule has 7 nitrogen and oxygen atoms in total. The van der Waals surface area contributed by atoms with E-state index < -0.39 is 0 Å². The van der Waals surface area contributed by atoms with Gasteiger partial charge in [0.1, 0.15) is 18.9 Å². The van der Waals surface area contributed by atoms with Crippen LogP contribution >= 0.6 is 0 Å². The summed E-state index contributed by atoms with van der Waals surface area (Å²) < 4.78 is 13.0. The van der Waals surface area contributed by atoms with Crippen molar-refractivity contribution in [2.45, 2.75) is 6.54 Å². The lowest BCUT2D eigenvalue weighted by molar-refractivity contribution is 0.0924. The molecule has 0 bridgehead atoms. The number of pyridine rings is 1. The maximum Gasteiger partial charge on any atom is 0.269 e. The summed E-state index contributed by atoms with van der Waals surface area (Å²) in [5.74, 6) is 1.40. The van der Waals surface area contributed by atoms with Gasteiger partial charge in [0.25, 0.3) is 5.91 Å². The van der Waals surface area contributed by atoms with Crippen LogP contribution < -0.4 is 14.8 Å². The van der Waals surface area contributed by atoms with Crippen LogP contribution in [0.4, 0.5) is 0 Å². The smallest absolute Gasteiger partial charge is 0.269 e. The molecule has 1 amide bonds. The lowest BCUT2D eigenvalue weighted by atomic mass is 10.1. The lowest BCUT2D eigenvalue weighted by Crippen LogP contribution is -2.35. The second-order valence-corrected chi connectivity index (χ2v) is 6.18. The summed E-state index contributed by atoms with van der Waals surface area (Å²) >= 11 is 0. The Hall–Kier alpha value is -3.35. The molecule has 4 heterocycles. The summed E-state index contributed by atoms with van der Waals surface area (Å²) in [5, 5.41) is 7.39. The lowest BCUT2D eigenvalue weighted by Gasteiger charge is -2.18. The van der Waals surface area contributed by atoms with Gasteiger partial charge in [-0.25, -0.2) is 0 Å². The predicted molar refractivity (Wildman–Crippen MR) is 94.2 cm³/mol. The van der Waals surface area contributed by atoms with Gasteiger partial charge in [-0.1, -0.05) is 0 Å². The van der Waals surface area contributed by atoms with E-state index >= 15 is 0 Å². The van der Waals surface area contributed by atoms with Crippen molar-refractivity contribution in [3.8, 4) is 34.0 Å². The number of hydrogen-bond acceptors (Lipinski definition) is 5. The molecule has 1 aromatic carbocycles. The summed E-state index contributed by atoms with van der Waals surface area (Å²) in [6.07, 6.45) is 1.75. The van der Waals surface area contributed by atoms with E-state index in [1.54, 1.807) is 10.9 Å². The molecule has 2 aromatic heterocycles. The van der Waals surface area contributed by atoms with Gasteiger partial charge in [0.15, 0.2) is 11.5 Å². The van der Waals surface area contributed by atoms with E-state index in [9.17, 15) is 4.79 Å². The van der Waals surface area contributed by atoms with Crippen LogP contribution in [0.2, 0.25) is 0 Å². The maximum absolute atomic E-state index is 11.9. The van der Waals surface area contributed by atoms with Crippen molar-refractivity contribution in [2.75, 3.05) is 19.8 Å². The largest absolute Gasteiger partial charge is 0.486 e. The van der Waals surface area contributed by atoms with Crippen LogP contribution in [0, 0.1) is 0 Å². The fourth-order valence-corrected chi connectivity index (χ4v) is 3.23. The molecule has 0 radical (unpaired) electrons. The zero-order chi connectivity index (χ0) is 17.5. The highest BCUT2D eigenvalue weighted by molar-refractivity contribution is 5.94. The third-order valence-corrected chi connectivity index (χ3v) is 4.52. The molecule has 1 N–H and O–H groups in total. The standard InChI is InChI=1S/C19H16N4O3/c24-19-16-11-15(22-23(16)6-5-21-19)13-3-4-20-14(9-13)12-1-2-17-18(10-12)26-8-7-25-17/h1-4,9-11H,5-8H2,(H,21,24). The Kier molecular flexibility index (Phi) is 3.38. The number of amides is 1. The minimum atomic E-state index is -0.0869. The normalized spacial score (nSPS) is 15.3. The van der Waals surface area contributed by atoms with Gasteiger partial charge >= 0.3 is 0 Å². The summed E-state index contributed by atoms with van der Waals surface area (Å²) in [6.45, 7) is 2.40. The first kappa shape index (κ1) is 14.9. The molecule has 5 rings (SSSR count). The van der Waals surface area contributed by atoms with Gasteiger partial charge in [-0.2, -0.15) is 5.10 Å². The number of carbonyl (C=O) groups excluding carboxylic acids is 1. The number of aromatic nitrogens is 3. The monoisotopic (exact) mass is 348 g/mol. The van der Waals surface area contributed by atoms with Crippen LogP contribution in [0.5, 0.6) is 11.5 Å². The molecule has 3 aromatic rings. The minimum Gasteiger partial charge on any atom is -0.486 e. The van der Waals surface area contributed by atoms with E-state index in [-0.39, 0.29) is 5.91 Å². The van der Waals surface area contributed by atoms with Crippen LogP contribution in [-0.2, 0) is 6.54 Å². The SMILES string of the molecule is O=C1NCCn2nc(-c3ccnc(-c4ccc5c(c4)OCCO5)c3)cc21. The molecule has 7 heteroatoms. The van der Waals surface area contributed by atoms with E-state index in [0.717, 1.165) is 34.0 Å². The van der Waals surface area contributed by atoms with Gasteiger partial charge in [-0.05, 0) is 36.4 Å². The third kappa shape index (κ3) is 2.48. The van der Waals surface area contributed by atoms with Crippen molar-refractivity contribution >= 4 is 5.91 Å². The molecule has 0 unspecified atom stereocenters. The molecule has 130 valence electrons. The number of nitrogens with one attached hydrogen (secondary N) is 1. The summed E-state index contributed by atoms with van der Waals surface area (Å²) in [4.78, 5) is 16.4. The highest BCUT2D eigenvalue weighted by atomic mass is 16.6. The highest BCUT2D eigenvalue weighted by Gasteiger charge is 2.20. The zero-order valence-corrected chi connectivity index (χ0v) is 13.9. The summed E-state index contributed by atoms with van der Waals surface area (Å²) in [5.41, 5.74) is 4.02. The molecule has 0 aliphatic carbocycles. The molecule has 0 saturated carbocycles. The Morgan fingerprint density at radius 3 is 2.69 bits per heavy atom. The molecular weight excluding hydrogens is 332 g/mol. The van der Waals surface area contributed by atoms with Gasteiger partial charge in [0.2, 0.25) is 0 Å². The number of carbonyl (C=O) groups is 1. The van der Waals surface area contributed by atoms with E-state index in [1.165, 1.54) is 0 Å². The van der Waals surface area contributed by atoms with Crippen LogP contribution in [0.25, 0.3) is 22.5 Å². The average Bonchev–Trinajstić information content (AvgIpc) is 3.14. The number of ether oxygens (including phenoxy) is 2. The number of rotatable bonds is 2. The van der Waals surface area contributed by atoms with Gasteiger partial charge in [0, 0.05) is 23.9 Å². The van der Waals surface area contributed by atoms with Crippen molar-refractivity contribution in [1.82, 2.24) is 20.1 Å². The second kappa shape index (κ2) is 5.87. The predicted octanol–water partition coefficient (Wildman–Crippen LogP) is 2.13. The number of nitrogens with zero attached hydrogens (tertiary/aromatic N) is 3. The molecule has 0 saturated heterocycles. The number of benzene rings is 1. The van der Waals surface area contributed by atoms with E-state index in [1.807, 2.05) is 36.4 Å². The van der Waals surface area contributed by atoms with Crippen molar-refractivity contribution in [1.29, 1.82) is 0 Å². The summed E-state index contributed by atoms with van der Waals surface area (Å²) in [6, 6.07) is 11.5. The Labute approximate surface area is 149 Å². The van der Waals surface area contributed by atoms with Gasteiger partial charge in [0.05, 0.1) is 17.9 Å². The van der Waals surface area contributed by atoms with Crippen molar-refractivity contribution in [3.63, 3.8) is 0 Å². The van der Waals surface area contributed by atoms with Gasteiger partial charge in [-0.15, -0.1) is 0 Å². The number of fused-ring (bicyclic) bond motifs is 2. The van der Waals surface area contributed by atoms with E-state index in [2.05, 4.69) is 15.4 Å². The first-order chi connectivity index (χ1) is 12.8. The van der Waals surface area contributed by atoms with Crippen LogP contribution in [0.1, 0.15) is 10.5 Å². The zero-order valence-electron chi connectivity index (χ0n) is 13.9. The number of hydrogen-bond donors (Lipinski definition) is 1. The first-order valence-corrected chi connectivity index (χ1v) is 8.50. The van der Waals surface area contributed by atoms with E-state index in [4.69, 9.17) is 9.47 Å². The van der Waals surface area contributed by atoms with E-state index in [0.29, 0.717) is 32.0 Å². The Bertz CT molecular complexity index is 1010. The van der Waals surface area contributed by atoms with Gasteiger partial charge in [-0.3, -0.25) is 14.5 Å². The van der Waals surface area contributed by atoms with Crippen LogP contribution in [0.15, 0.2) is 42.6 Å². The minimum absolute atomic E-state index is 0.0869. The van der Waals surface area contributed by atoms with Gasteiger partial charge < -0.3 is 14.8 Å². The van der Waals surface area contributed by atoms with Crippen LogP contribution in [0.3, 0.4) is 0 Å².